The molecule has 4 atom stereocenters. The van der Waals surface area contributed by atoms with Crippen molar-refractivity contribution in [3.63, 3.8) is 0 Å². The van der Waals surface area contributed by atoms with Gasteiger partial charge in [0.05, 0.1) is 17.7 Å². The summed E-state index contributed by atoms with van der Waals surface area (Å²) in [6, 6.07) is 10.7. The highest BCUT2D eigenvalue weighted by atomic mass is 16.2. The molecule has 30 heavy (non-hydrogen) atoms. The molecule has 3 aromatic rings. The second kappa shape index (κ2) is 5.69. The largest absolute Gasteiger partial charge is 0.310 e. The predicted octanol–water partition coefficient (Wildman–Crippen LogP) is 3.90. The molecule has 1 aromatic carbocycles. The van der Waals surface area contributed by atoms with Crippen LogP contribution in [0.5, 0.6) is 0 Å². The third-order valence-electron chi connectivity index (χ3n) is 7.69. The maximum Gasteiger partial charge on any atom is 0.229 e. The number of hydrogen-bond donors (Lipinski definition) is 1. The molecule has 0 bridgehead atoms. The minimum absolute atomic E-state index is 0.00646. The molecule has 3 aliphatic rings. The van der Waals surface area contributed by atoms with E-state index in [0.29, 0.717) is 11.7 Å². The zero-order valence-electron chi connectivity index (χ0n) is 17.1. The first-order valence-corrected chi connectivity index (χ1v) is 10.6. The van der Waals surface area contributed by atoms with Gasteiger partial charge < -0.3 is 5.32 Å². The van der Waals surface area contributed by atoms with E-state index >= 15 is 0 Å². The number of aromatic nitrogens is 3. The number of nitriles is 1. The molecule has 2 aromatic heterocycles. The lowest BCUT2D eigenvalue weighted by atomic mass is 9.92. The zero-order valence-corrected chi connectivity index (χ0v) is 17.1. The highest BCUT2D eigenvalue weighted by Crippen LogP contribution is 2.78. The van der Waals surface area contributed by atoms with E-state index in [2.05, 4.69) is 40.5 Å². The quantitative estimate of drug-likeness (QED) is 0.724. The summed E-state index contributed by atoms with van der Waals surface area (Å²) in [5, 5.41) is 19.1. The van der Waals surface area contributed by atoms with Crippen molar-refractivity contribution < 1.29 is 4.79 Å². The van der Waals surface area contributed by atoms with E-state index in [1.807, 2.05) is 31.6 Å². The van der Waals surface area contributed by atoms with E-state index in [0.717, 1.165) is 41.2 Å². The Kier molecular flexibility index (Phi) is 3.35. The van der Waals surface area contributed by atoms with Gasteiger partial charge in [0, 0.05) is 36.7 Å². The van der Waals surface area contributed by atoms with Gasteiger partial charge in [-0.2, -0.15) is 10.4 Å². The smallest absolute Gasteiger partial charge is 0.229 e. The van der Waals surface area contributed by atoms with Crippen molar-refractivity contribution in [2.45, 2.75) is 37.5 Å². The van der Waals surface area contributed by atoms with Crippen molar-refractivity contribution in [3.8, 4) is 6.07 Å². The summed E-state index contributed by atoms with van der Waals surface area (Å²) >= 11 is 0. The van der Waals surface area contributed by atoms with Gasteiger partial charge in [-0.15, -0.1) is 0 Å². The average Bonchev–Trinajstić information content (AvgIpc) is 3.69. The number of benzene rings is 1. The van der Waals surface area contributed by atoms with E-state index in [1.54, 1.807) is 10.9 Å². The lowest BCUT2D eigenvalue weighted by Gasteiger charge is -2.11. The van der Waals surface area contributed by atoms with Crippen LogP contribution in [0.1, 0.15) is 43.2 Å². The Labute approximate surface area is 174 Å². The van der Waals surface area contributed by atoms with Gasteiger partial charge in [-0.25, -0.2) is 4.98 Å². The summed E-state index contributed by atoms with van der Waals surface area (Å²) in [6.07, 6.45) is 8.93. The molecule has 1 spiro atoms. The molecule has 2 heterocycles. The Morgan fingerprint density at radius 3 is 2.77 bits per heavy atom. The molecule has 6 nitrogen and oxygen atoms in total. The van der Waals surface area contributed by atoms with Gasteiger partial charge >= 0.3 is 0 Å². The molecule has 1 amide bonds. The van der Waals surface area contributed by atoms with E-state index in [-0.39, 0.29) is 28.6 Å². The van der Waals surface area contributed by atoms with Crippen LogP contribution in [0.2, 0.25) is 0 Å². The molecule has 0 saturated heterocycles. The van der Waals surface area contributed by atoms with Crippen molar-refractivity contribution in [2.24, 2.45) is 24.3 Å². The number of pyridine rings is 1. The minimum Gasteiger partial charge on any atom is -0.310 e. The number of nitrogens with zero attached hydrogens (tertiary/aromatic N) is 4. The molecule has 0 aliphatic heterocycles. The number of aryl methyl sites for hydroxylation is 1. The van der Waals surface area contributed by atoms with Crippen molar-refractivity contribution >= 4 is 22.5 Å². The van der Waals surface area contributed by atoms with Crippen molar-refractivity contribution in [1.82, 2.24) is 14.8 Å². The molecule has 6 rings (SSSR count). The summed E-state index contributed by atoms with van der Waals surface area (Å²) in [5.74, 6) is 1.02. The third kappa shape index (κ3) is 2.38. The number of carbonyl (C=O) groups excluding carboxylic acids is 1. The number of hydrogen-bond acceptors (Lipinski definition) is 4. The molecule has 150 valence electrons. The van der Waals surface area contributed by atoms with Gasteiger partial charge in [0.1, 0.15) is 5.82 Å². The van der Waals surface area contributed by atoms with Gasteiger partial charge in [-0.1, -0.05) is 19.1 Å². The Balaban J connectivity index is 1.24. The average molecular weight is 397 g/mol. The molecule has 3 aliphatic carbocycles. The lowest BCUT2D eigenvalue weighted by Crippen LogP contribution is -2.16. The van der Waals surface area contributed by atoms with Gasteiger partial charge in [-0.3, -0.25) is 9.48 Å². The SMILES string of the molecule is CC1C(C(=O)Nc2cc3cc([C@@]4(C#N)CC45CC5)ccc3cn2)C1c1cnn(C)c1. The van der Waals surface area contributed by atoms with Crippen LogP contribution in [-0.2, 0) is 17.3 Å². The summed E-state index contributed by atoms with van der Waals surface area (Å²) in [6.45, 7) is 2.10. The molecule has 0 radical (unpaired) electrons. The van der Waals surface area contributed by atoms with Crippen LogP contribution in [0.3, 0.4) is 0 Å². The molecular formula is C24H23N5O. The number of rotatable bonds is 4. The maximum atomic E-state index is 12.9. The molecule has 6 heteroatoms. The summed E-state index contributed by atoms with van der Waals surface area (Å²) in [4.78, 5) is 17.3. The second-order valence-electron chi connectivity index (χ2n) is 9.45. The fourth-order valence-electron chi connectivity index (χ4n) is 5.52. The fraction of sp³-hybridized carbons (Fsp3) is 0.417. The monoisotopic (exact) mass is 397 g/mol. The third-order valence-corrected chi connectivity index (χ3v) is 7.69. The van der Waals surface area contributed by atoms with Crippen LogP contribution in [0.25, 0.3) is 10.8 Å². The van der Waals surface area contributed by atoms with Crippen LogP contribution in [0, 0.1) is 28.6 Å². The summed E-state index contributed by atoms with van der Waals surface area (Å²) < 4.78 is 1.78. The number of fused-ring (bicyclic) bond motifs is 1. The Morgan fingerprint density at radius 1 is 1.27 bits per heavy atom. The Bertz CT molecular complexity index is 1250. The maximum absolute atomic E-state index is 12.9. The van der Waals surface area contributed by atoms with Crippen LogP contribution < -0.4 is 5.32 Å². The highest BCUT2D eigenvalue weighted by Gasteiger charge is 2.75. The first kappa shape index (κ1) is 17.6. The first-order valence-electron chi connectivity index (χ1n) is 10.6. The van der Waals surface area contributed by atoms with E-state index in [1.165, 1.54) is 0 Å². The topological polar surface area (TPSA) is 83.6 Å². The van der Waals surface area contributed by atoms with Gasteiger partial charge in [0.15, 0.2) is 0 Å². The molecule has 3 unspecified atom stereocenters. The zero-order chi connectivity index (χ0) is 20.7. The van der Waals surface area contributed by atoms with Crippen LogP contribution in [0.15, 0.2) is 42.9 Å². The Morgan fingerprint density at radius 2 is 2.10 bits per heavy atom. The van der Waals surface area contributed by atoms with Crippen LogP contribution in [-0.4, -0.2) is 20.7 Å². The van der Waals surface area contributed by atoms with E-state index in [9.17, 15) is 10.1 Å². The number of nitrogens with one attached hydrogen (secondary N) is 1. The lowest BCUT2D eigenvalue weighted by molar-refractivity contribution is -0.117. The summed E-state index contributed by atoms with van der Waals surface area (Å²) in [7, 11) is 1.89. The van der Waals surface area contributed by atoms with Crippen molar-refractivity contribution in [3.05, 3.63) is 54.0 Å². The van der Waals surface area contributed by atoms with Gasteiger partial charge in [0.2, 0.25) is 5.91 Å². The molecule has 3 fully saturated rings. The second-order valence-corrected chi connectivity index (χ2v) is 9.45. The fourth-order valence-corrected chi connectivity index (χ4v) is 5.52. The predicted molar refractivity (Wildman–Crippen MR) is 113 cm³/mol. The number of anilines is 1. The standard InChI is InChI=1S/C24H23N5O/c1-14-20(17-10-27-29(2)11-17)21(14)22(30)28-19-8-16-7-18(4-3-15(16)9-26-19)24(13-25)12-23(24)5-6-23/h3-4,7-11,14,20-21H,5-6,12H2,1-2H3,(H,26,28,30)/t14?,20?,21?,24-/m0/s1. The molecule has 1 N–H and O–H groups in total. The van der Waals surface area contributed by atoms with Gasteiger partial charge in [0.25, 0.3) is 0 Å². The van der Waals surface area contributed by atoms with Crippen molar-refractivity contribution in [1.29, 1.82) is 5.26 Å². The van der Waals surface area contributed by atoms with E-state index < -0.39 is 0 Å². The van der Waals surface area contributed by atoms with Crippen LogP contribution in [0.4, 0.5) is 5.82 Å². The van der Waals surface area contributed by atoms with Crippen LogP contribution >= 0.6 is 0 Å². The first-order chi connectivity index (χ1) is 14.5. The highest BCUT2D eigenvalue weighted by molar-refractivity contribution is 5.96. The Hall–Kier alpha value is -3.20. The van der Waals surface area contributed by atoms with E-state index in [4.69, 9.17) is 0 Å². The number of carbonyl (C=O) groups is 1. The van der Waals surface area contributed by atoms with Crippen molar-refractivity contribution in [2.75, 3.05) is 5.32 Å². The number of amides is 1. The normalized spacial score (nSPS) is 30.1. The summed E-state index contributed by atoms with van der Waals surface area (Å²) in [5.41, 5.74) is 2.14. The molecular weight excluding hydrogens is 374 g/mol. The van der Waals surface area contributed by atoms with Gasteiger partial charge in [-0.05, 0) is 59.2 Å². The molecule has 3 saturated carbocycles. The minimum atomic E-state index is -0.311.